The predicted molar refractivity (Wildman–Crippen MR) is 124 cm³/mol. The second kappa shape index (κ2) is 12.3. The minimum atomic E-state index is -0.651. The molecule has 0 bridgehead atoms. The number of hydrogen-bond donors (Lipinski definition) is 1. The maximum atomic E-state index is 12.2. The Labute approximate surface area is 184 Å². The first-order chi connectivity index (χ1) is 15.0. The Morgan fingerprint density at radius 3 is 2.48 bits per heavy atom. The molecule has 31 heavy (non-hydrogen) atoms. The van der Waals surface area contributed by atoms with Crippen LogP contribution in [0.4, 0.5) is 10.5 Å². The highest BCUT2D eigenvalue weighted by atomic mass is 16.6. The monoisotopic (exact) mass is 422 g/mol. The number of hydrogen-bond acceptors (Lipinski definition) is 4. The van der Waals surface area contributed by atoms with Crippen molar-refractivity contribution in [2.75, 3.05) is 31.7 Å². The van der Waals surface area contributed by atoms with Crippen LogP contribution in [-0.2, 0) is 20.7 Å². The van der Waals surface area contributed by atoms with Crippen LogP contribution in [0.15, 0.2) is 73.8 Å². The third kappa shape index (κ3) is 7.12. The molecular formula is C25H30N2O4. The normalized spacial score (nSPS) is 11.3. The van der Waals surface area contributed by atoms with Crippen LogP contribution in [0.1, 0.15) is 12.5 Å². The van der Waals surface area contributed by atoms with Crippen LogP contribution in [0, 0.1) is 0 Å². The number of benzene rings is 2. The Morgan fingerprint density at radius 1 is 1.10 bits per heavy atom. The van der Waals surface area contributed by atoms with Crippen LogP contribution >= 0.6 is 0 Å². The molecule has 0 aliphatic heterocycles. The van der Waals surface area contributed by atoms with Gasteiger partial charge < -0.3 is 14.8 Å². The molecule has 2 aromatic rings. The molecule has 0 heterocycles. The Morgan fingerprint density at radius 2 is 1.84 bits per heavy atom. The molecule has 1 unspecified atom stereocenters. The lowest BCUT2D eigenvalue weighted by molar-refractivity contribution is -0.155. The third-order valence-electron chi connectivity index (χ3n) is 4.62. The van der Waals surface area contributed by atoms with Crippen molar-refractivity contribution in [3.8, 4) is 11.1 Å². The zero-order chi connectivity index (χ0) is 22.6. The number of carbonyl (C=O) groups excluding carboxylic acids is 2. The van der Waals surface area contributed by atoms with E-state index in [0.29, 0.717) is 19.6 Å². The topological polar surface area (TPSA) is 67.9 Å². The summed E-state index contributed by atoms with van der Waals surface area (Å²) in [4.78, 5) is 25.9. The second-order valence-electron chi connectivity index (χ2n) is 6.85. The van der Waals surface area contributed by atoms with Crippen LogP contribution in [0.3, 0.4) is 0 Å². The quantitative estimate of drug-likeness (QED) is 0.432. The van der Waals surface area contributed by atoms with E-state index < -0.39 is 12.1 Å². The number of carbonyl (C=O) groups is 2. The highest BCUT2D eigenvalue weighted by molar-refractivity contribution is 5.92. The molecule has 0 aromatic heterocycles. The molecule has 164 valence electrons. The largest absolute Gasteiger partial charge is 0.460 e. The Balaban J connectivity index is 2.12. The molecule has 0 saturated heterocycles. The van der Waals surface area contributed by atoms with Gasteiger partial charge in [-0.3, -0.25) is 4.90 Å². The second-order valence-corrected chi connectivity index (χ2v) is 6.85. The van der Waals surface area contributed by atoms with E-state index in [1.54, 1.807) is 18.0 Å². The summed E-state index contributed by atoms with van der Waals surface area (Å²) in [6.45, 7) is 10.0. The van der Waals surface area contributed by atoms with Gasteiger partial charge in [-0.05, 0) is 35.7 Å². The summed E-state index contributed by atoms with van der Waals surface area (Å²) in [5.41, 5.74) is 3.74. The fourth-order valence-corrected chi connectivity index (χ4v) is 2.98. The lowest BCUT2D eigenvalue weighted by atomic mass is 10.0. The summed E-state index contributed by atoms with van der Waals surface area (Å²) in [7, 11) is 1.72. The summed E-state index contributed by atoms with van der Waals surface area (Å²) in [6.07, 6.45) is 2.95. The number of nitrogens with one attached hydrogen (secondary N) is 1. The van der Waals surface area contributed by atoms with Gasteiger partial charge in [0, 0.05) is 32.3 Å². The summed E-state index contributed by atoms with van der Waals surface area (Å²) < 4.78 is 10.7. The fourth-order valence-electron chi connectivity index (χ4n) is 2.98. The molecule has 6 nitrogen and oxygen atoms in total. The minimum absolute atomic E-state index is 0.164. The van der Waals surface area contributed by atoms with Crippen molar-refractivity contribution in [3.05, 3.63) is 79.4 Å². The lowest BCUT2D eigenvalue weighted by Gasteiger charge is -2.18. The standard InChI is InChI=1S/C25H30N2O4/c1-5-15-26-25(29)27(4)22-10-8-9-21(18-22)20-13-11-19(12-14-20)17-23(30-7-3)24(28)31-16-6-2/h5-6,8-14,18,23H,1-2,7,15-17H2,3-4H3,(H,26,29). The van der Waals surface area contributed by atoms with Crippen molar-refractivity contribution in [1.29, 1.82) is 0 Å². The molecule has 1 N–H and O–H groups in total. The van der Waals surface area contributed by atoms with Gasteiger partial charge >= 0.3 is 12.0 Å². The van der Waals surface area contributed by atoms with Crippen LogP contribution in [0.5, 0.6) is 0 Å². The van der Waals surface area contributed by atoms with Crippen LogP contribution in [0.25, 0.3) is 11.1 Å². The molecule has 0 aliphatic carbocycles. The SMILES string of the molecule is C=CCNC(=O)N(C)c1cccc(-c2ccc(CC(OCC)C(=O)OCC=C)cc2)c1. The smallest absolute Gasteiger partial charge is 0.335 e. The molecule has 0 aliphatic rings. The first kappa shape index (κ1) is 23.9. The van der Waals surface area contributed by atoms with E-state index in [9.17, 15) is 9.59 Å². The number of amides is 2. The number of urea groups is 1. The number of nitrogens with zero attached hydrogens (tertiary/aromatic N) is 1. The maximum Gasteiger partial charge on any atom is 0.335 e. The van der Waals surface area contributed by atoms with Crippen molar-refractivity contribution in [1.82, 2.24) is 5.32 Å². The average molecular weight is 423 g/mol. The van der Waals surface area contributed by atoms with Gasteiger partial charge in [0.15, 0.2) is 6.10 Å². The van der Waals surface area contributed by atoms with Gasteiger partial charge in [-0.15, -0.1) is 6.58 Å². The Hall–Kier alpha value is -3.38. The Bertz CT molecular complexity index is 893. The molecule has 2 amide bonds. The zero-order valence-corrected chi connectivity index (χ0v) is 18.2. The van der Waals surface area contributed by atoms with E-state index in [1.807, 2.05) is 55.5 Å². The number of ether oxygens (including phenoxy) is 2. The number of esters is 1. The molecule has 2 aromatic carbocycles. The van der Waals surface area contributed by atoms with Gasteiger partial charge in [0.1, 0.15) is 6.61 Å². The van der Waals surface area contributed by atoms with Crippen LogP contribution in [0.2, 0.25) is 0 Å². The van der Waals surface area contributed by atoms with Gasteiger partial charge in [0.05, 0.1) is 0 Å². The van der Waals surface area contributed by atoms with E-state index in [4.69, 9.17) is 9.47 Å². The summed E-state index contributed by atoms with van der Waals surface area (Å²) in [5, 5.41) is 2.76. The first-order valence-corrected chi connectivity index (χ1v) is 10.2. The van der Waals surface area contributed by atoms with Gasteiger partial charge in [0.2, 0.25) is 0 Å². The van der Waals surface area contributed by atoms with E-state index in [-0.39, 0.29) is 12.6 Å². The van der Waals surface area contributed by atoms with Gasteiger partial charge in [-0.25, -0.2) is 9.59 Å². The number of rotatable bonds is 11. The van der Waals surface area contributed by atoms with Crippen molar-refractivity contribution >= 4 is 17.7 Å². The molecule has 1 atom stereocenters. The Kier molecular flexibility index (Phi) is 9.52. The summed E-state index contributed by atoms with van der Waals surface area (Å²) in [6, 6.07) is 15.5. The van der Waals surface area contributed by atoms with E-state index >= 15 is 0 Å². The van der Waals surface area contributed by atoms with Crippen molar-refractivity contribution in [3.63, 3.8) is 0 Å². The summed E-state index contributed by atoms with van der Waals surface area (Å²) in [5.74, 6) is -0.392. The van der Waals surface area contributed by atoms with E-state index in [1.165, 1.54) is 6.08 Å². The van der Waals surface area contributed by atoms with Gasteiger partial charge in [-0.1, -0.05) is 55.1 Å². The van der Waals surface area contributed by atoms with Crippen molar-refractivity contribution < 1.29 is 19.1 Å². The highest BCUT2D eigenvalue weighted by Gasteiger charge is 2.20. The lowest BCUT2D eigenvalue weighted by Crippen LogP contribution is -2.37. The van der Waals surface area contributed by atoms with E-state index in [2.05, 4.69) is 18.5 Å². The predicted octanol–water partition coefficient (Wildman–Crippen LogP) is 4.36. The fraction of sp³-hybridized carbons (Fsp3) is 0.280. The highest BCUT2D eigenvalue weighted by Crippen LogP contribution is 2.25. The van der Waals surface area contributed by atoms with Gasteiger partial charge in [0.25, 0.3) is 0 Å². The van der Waals surface area contributed by atoms with Crippen molar-refractivity contribution in [2.24, 2.45) is 0 Å². The third-order valence-corrected chi connectivity index (χ3v) is 4.62. The molecule has 0 saturated carbocycles. The molecular weight excluding hydrogens is 392 g/mol. The van der Waals surface area contributed by atoms with Crippen LogP contribution in [-0.4, -0.2) is 44.9 Å². The van der Waals surface area contributed by atoms with Crippen molar-refractivity contribution in [2.45, 2.75) is 19.4 Å². The molecule has 0 spiro atoms. The first-order valence-electron chi connectivity index (χ1n) is 10.2. The molecule has 0 fully saturated rings. The molecule has 2 rings (SSSR count). The average Bonchev–Trinajstić information content (AvgIpc) is 2.80. The molecule has 6 heteroatoms. The maximum absolute atomic E-state index is 12.2. The minimum Gasteiger partial charge on any atom is -0.460 e. The molecule has 0 radical (unpaired) electrons. The zero-order valence-electron chi connectivity index (χ0n) is 18.2. The van der Waals surface area contributed by atoms with E-state index in [0.717, 1.165) is 22.4 Å². The summed E-state index contributed by atoms with van der Waals surface area (Å²) >= 11 is 0. The number of anilines is 1. The van der Waals surface area contributed by atoms with Crippen LogP contribution < -0.4 is 10.2 Å². The van der Waals surface area contributed by atoms with Gasteiger partial charge in [-0.2, -0.15) is 0 Å².